The number of nitrogens with one attached hydrogen (secondary N) is 1. The van der Waals surface area contributed by atoms with Gasteiger partial charge < -0.3 is 11.1 Å². The van der Waals surface area contributed by atoms with Gasteiger partial charge in [-0.2, -0.15) is 0 Å². The summed E-state index contributed by atoms with van der Waals surface area (Å²) in [6, 6.07) is 4.18. The number of nitrogens with two attached hydrogens (primary N) is 1. The molecule has 3 N–H and O–H groups in total. The summed E-state index contributed by atoms with van der Waals surface area (Å²) in [7, 11) is 0. The third-order valence-electron chi connectivity index (χ3n) is 2.93. The van der Waals surface area contributed by atoms with Crippen LogP contribution in [0.1, 0.15) is 24.4 Å². The van der Waals surface area contributed by atoms with Gasteiger partial charge in [0, 0.05) is 18.4 Å². The summed E-state index contributed by atoms with van der Waals surface area (Å²) in [5.41, 5.74) is 7.40. The van der Waals surface area contributed by atoms with Crippen LogP contribution in [0.15, 0.2) is 24.5 Å². The highest BCUT2D eigenvalue weighted by Crippen LogP contribution is 2.24. The smallest absolute Gasteiger partial charge is 0.0336 e. The zero-order valence-electron chi connectivity index (χ0n) is 8.32. The topological polar surface area (TPSA) is 50.9 Å². The molecular weight excluding hydrogens is 174 g/mol. The zero-order chi connectivity index (χ0) is 9.80. The van der Waals surface area contributed by atoms with Crippen LogP contribution in [0, 0.1) is 5.92 Å². The SMILES string of the molecule is NC(c1ccncc1)C1CCCNC1. The molecule has 14 heavy (non-hydrogen) atoms. The molecule has 0 aliphatic carbocycles. The third-order valence-corrected chi connectivity index (χ3v) is 2.93. The molecule has 0 saturated carbocycles. The first kappa shape index (κ1) is 9.62. The maximum absolute atomic E-state index is 6.20. The second-order valence-electron chi connectivity index (χ2n) is 3.91. The molecule has 1 saturated heterocycles. The highest BCUT2D eigenvalue weighted by Gasteiger charge is 2.21. The van der Waals surface area contributed by atoms with Crippen LogP contribution in [-0.2, 0) is 0 Å². The number of pyridine rings is 1. The van der Waals surface area contributed by atoms with Gasteiger partial charge in [0.2, 0.25) is 0 Å². The van der Waals surface area contributed by atoms with E-state index in [9.17, 15) is 0 Å². The number of piperidine rings is 1. The van der Waals surface area contributed by atoms with E-state index < -0.39 is 0 Å². The van der Waals surface area contributed by atoms with Gasteiger partial charge >= 0.3 is 0 Å². The van der Waals surface area contributed by atoms with Crippen LogP contribution in [0.3, 0.4) is 0 Å². The van der Waals surface area contributed by atoms with E-state index in [0.29, 0.717) is 5.92 Å². The minimum Gasteiger partial charge on any atom is -0.324 e. The van der Waals surface area contributed by atoms with E-state index in [1.165, 1.54) is 18.4 Å². The normalized spacial score (nSPS) is 24.5. The van der Waals surface area contributed by atoms with E-state index in [2.05, 4.69) is 10.3 Å². The molecule has 1 aliphatic heterocycles. The van der Waals surface area contributed by atoms with Crippen molar-refractivity contribution in [1.82, 2.24) is 10.3 Å². The molecule has 0 radical (unpaired) electrons. The van der Waals surface area contributed by atoms with Crippen molar-refractivity contribution in [1.29, 1.82) is 0 Å². The standard InChI is InChI=1S/C11H17N3/c12-11(9-3-6-13-7-4-9)10-2-1-5-14-8-10/h3-4,6-7,10-11,14H,1-2,5,8,12H2. The maximum atomic E-state index is 6.20. The third kappa shape index (κ3) is 2.11. The number of hydrogen-bond donors (Lipinski definition) is 2. The van der Waals surface area contributed by atoms with Crippen molar-refractivity contribution >= 4 is 0 Å². The lowest BCUT2D eigenvalue weighted by atomic mass is 9.88. The van der Waals surface area contributed by atoms with Gasteiger partial charge in [0.1, 0.15) is 0 Å². The van der Waals surface area contributed by atoms with Crippen molar-refractivity contribution in [3.63, 3.8) is 0 Å². The van der Waals surface area contributed by atoms with Gasteiger partial charge in [-0.15, -0.1) is 0 Å². The van der Waals surface area contributed by atoms with E-state index in [0.717, 1.165) is 13.1 Å². The lowest BCUT2D eigenvalue weighted by molar-refractivity contribution is 0.326. The minimum atomic E-state index is 0.158. The summed E-state index contributed by atoms with van der Waals surface area (Å²) >= 11 is 0. The molecular formula is C11H17N3. The van der Waals surface area contributed by atoms with Gasteiger partial charge in [-0.3, -0.25) is 4.98 Å². The Morgan fingerprint density at radius 2 is 2.21 bits per heavy atom. The summed E-state index contributed by atoms with van der Waals surface area (Å²) in [6.07, 6.45) is 6.09. The van der Waals surface area contributed by atoms with Gasteiger partial charge in [0.25, 0.3) is 0 Å². The molecule has 1 fully saturated rings. The fourth-order valence-electron chi connectivity index (χ4n) is 2.04. The Balaban J connectivity index is 2.03. The van der Waals surface area contributed by atoms with Crippen molar-refractivity contribution in [3.05, 3.63) is 30.1 Å². The van der Waals surface area contributed by atoms with E-state index in [4.69, 9.17) is 5.73 Å². The van der Waals surface area contributed by atoms with Gasteiger partial charge in [-0.25, -0.2) is 0 Å². The first-order chi connectivity index (χ1) is 6.88. The molecule has 3 heteroatoms. The summed E-state index contributed by atoms with van der Waals surface area (Å²) in [5, 5.41) is 3.39. The second-order valence-corrected chi connectivity index (χ2v) is 3.91. The molecule has 2 atom stereocenters. The molecule has 1 aromatic rings. The predicted molar refractivity (Wildman–Crippen MR) is 56.8 cm³/mol. The van der Waals surface area contributed by atoms with Crippen molar-refractivity contribution in [2.24, 2.45) is 11.7 Å². The van der Waals surface area contributed by atoms with Crippen LogP contribution in [-0.4, -0.2) is 18.1 Å². The van der Waals surface area contributed by atoms with Gasteiger partial charge in [0.05, 0.1) is 0 Å². The van der Waals surface area contributed by atoms with Crippen LogP contribution in [0.4, 0.5) is 0 Å². The average molecular weight is 191 g/mol. The Labute approximate surface area is 84.7 Å². The lowest BCUT2D eigenvalue weighted by Crippen LogP contribution is -2.36. The molecule has 1 aromatic heterocycles. The van der Waals surface area contributed by atoms with Crippen LogP contribution in [0.25, 0.3) is 0 Å². The Hall–Kier alpha value is -0.930. The fourth-order valence-corrected chi connectivity index (χ4v) is 2.04. The van der Waals surface area contributed by atoms with Crippen LogP contribution < -0.4 is 11.1 Å². The molecule has 0 bridgehead atoms. The average Bonchev–Trinajstić information content (AvgIpc) is 2.30. The van der Waals surface area contributed by atoms with Crippen molar-refractivity contribution in [3.8, 4) is 0 Å². The Kier molecular flexibility index (Phi) is 3.11. The van der Waals surface area contributed by atoms with Crippen LogP contribution in [0.5, 0.6) is 0 Å². The molecule has 0 spiro atoms. The molecule has 2 heterocycles. The highest BCUT2D eigenvalue weighted by atomic mass is 14.9. The highest BCUT2D eigenvalue weighted by molar-refractivity contribution is 5.15. The Bertz CT molecular complexity index is 267. The Morgan fingerprint density at radius 3 is 2.86 bits per heavy atom. The van der Waals surface area contributed by atoms with Crippen molar-refractivity contribution in [2.45, 2.75) is 18.9 Å². The molecule has 0 aromatic carbocycles. The lowest BCUT2D eigenvalue weighted by Gasteiger charge is -2.28. The maximum Gasteiger partial charge on any atom is 0.0336 e. The largest absolute Gasteiger partial charge is 0.324 e. The summed E-state index contributed by atoms with van der Waals surface area (Å²) in [5.74, 6) is 0.575. The monoisotopic (exact) mass is 191 g/mol. The van der Waals surface area contributed by atoms with Crippen LogP contribution in [0.2, 0.25) is 0 Å². The van der Waals surface area contributed by atoms with E-state index in [1.54, 1.807) is 0 Å². The number of rotatable bonds is 2. The summed E-state index contributed by atoms with van der Waals surface area (Å²) < 4.78 is 0. The van der Waals surface area contributed by atoms with E-state index >= 15 is 0 Å². The van der Waals surface area contributed by atoms with Crippen LogP contribution >= 0.6 is 0 Å². The molecule has 76 valence electrons. The van der Waals surface area contributed by atoms with E-state index in [-0.39, 0.29) is 6.04 Å². The van der Waals surface area contributed by atoms with Gasteiger partial charge in [-0.1, -0.05) is 0 Å². The quantitative estimate of drug-likeness (QED) is 0.735. The number of aromatic nitrogens is 1. The van der Waals surface area contributed by atoms with Gasteiger partial charge in [-0.05, 0) is 49.5 Å². The summed E-state index contributed by atoms with van der Waals surface area (Å²) in [6.45, 7) is 2.18. The van der Waals surface area contributed by atoms with Crippen molar-refractivity contribution in [2.75, 3.05) is 13.1 Å². The second kappa shape index (κ2) is 4.53. The minimum absolute atomic E-state index is 0.158. The number of nitrogens with zero attached hydrogens (tertiary/aromatic N) is 1. The first-order valence-corrected chi connectivity index (χ1v) is 5.24. The van der Waals surface area contributed by atoms with Gasteiger partial charge in [0.15, 0.2) is 0 Å². The molecule has 2 rings (SSSR count). The molecule has 2 unspecified atom stereocenters. The first-order valence-electron chi connectivity index (χ1n) is 5.24. The predicted octanol–water partition coefficient (Wildman–Crippen LogP) is 1.08. The Morgan fingerprint density at radius 1 is 1.43 bits per heavy atom. The number of hydrogen-bond acceptors (Lipinski definition) is 3. The zero-order valence-corrected chi connectivity index (χ0v) is 8.32. The van der Waals surface area contributed by atoms with E-state index in [1.807, 2.05) is 24.5 Å². The fraction of sp³-hybridized carbons (Fsp3) is 0.545. The van der Waals surface area contributed by atoms with Crippen molar-refractivity contribution < 1.29 is 0 Å². The molecule has 0 amide bonds. The molecule has 3 nitrogen and oxygen atoms in total. The molecule has 1 aliphatic rings. The summed E-state index contributed by atoms with van der Waals surface area (Å²) in [4.78, 5) is 4.00.